The van der Waals surface area contributed by atoms with Crippen molar-refractivity contribution < 1.29 is 14.6 Å². The lowest BCUT2D eigenvalue weighted by molar-refractivity contribution is 0.0614. The van der Waals surface area contributed by atoms with Crippen LogP contribution in [0.15, 0.2) is 6.07 Å². The van der Waals surface area contributed by atoms with E-state index in [-0.39, 0.29) is 30.1 Å². The van der Waals surface area contributed by atoms with Crippen molar-refractivity contribution in [1.82, 2.24) is 14.9 Å². The number of aromatic nitrogens is 2. The van der Waals surface area contributed by atoms with Gasteiger partial charge in [0.25, 0.3) is 5.91 Å². The average molecular weight is 274 g/mol. The number of likely N-dealkylation sites (N-methyl/N-ethyl adjacent to an activating group) is 1. The Kier molecular flexibility index (Phi) is 5.97. The molecule has 7 heteroatoms. The fraction of sp³-hybridized carbons (Fsp3) is 0.545. The predicted octanol–water partition coefficient (Wildman–Crippen LogP) is 0.519. The van der Waals surface area contributed by atoms with Gasteiger partial charge in [0, 0.05) is 19.3 Å². The number of halogens is 1. The fourth-order valence-corrected chi connectivity index (χ4v) is 1.53. The zero-order valence-corrected chi connectivity index (χ0v) is 11.1. The number of hydrogen-bond donors (Lipinski definition) is 1. The summed E-state index contributed by atoms with van der Waals surface area (Å²) in [5.41, 5.74) is 0.903. The van der Waals surface area contributed by atoms with Gasteiger partial charge in [-0.15, -0.1) is 0 Å². The van der Waals surface area contributed by atoms with Crippen LogP contribution in [0.3, 0.4) is 0 Å². The Hall–Kier alpha value is -1.24. The highest BCUT2D eigenvalue weighted by molar-refractivity contribution is 6.28. The lowest BCUT2D eigenvalue weighted by Gasteiger charge is -2.16. The van der Waals surface area contributed by atoms with Gasteiger partial charge in [-0.1, -0.05) is 0 Å². The Labute approximate surface area is 111 Å². The van der Waals surface area contributed by atoms with Crippen molar-refractivity contribution in [1.29, 1.82) is 0 Å². The molecule has 0 aliphatic heterocycles. The minimum atomic E-state index is -0.241. The Balaban J connectivity index is 2.57. The Morgan fingerprint density at radius 1 is 1.50 bits per heavy atom. The van der Waals surface area contributed by atoms with Gasteiger partial charge in [-0.25, -0.2) is 9.97 Å². The van der Waals surface area contributed by atoms with Gasteiger partial charge in [0.15, 0.2) is 0 Å². The third kappa shape index (κ3) is 4.56. The fourth-order valence-electron chi connectivity index (χ4n) is 1.31. The van der Waals surface area contributed by atoms with Crippen LogP contribution in [0.5, 0.6) is 0 Å². The highest BCUT2D eigenvalue weighted by Gasteiger charge is 2.14. The van der Waals surface area contributed by atoms with E-state index >= 15 is 0 Å². The molecule has 1 N–H and O–H groups in total. The normalized spacial score (nSPS) is 10.4. The molecule has 1 aromatic rings. The Morgan fingerprint density at radius 3 is 2.83 bits per heavy atom. The van der Waals surface area contributed by atoms with E-state index in [1.165, 1.54) is 4.90 Å². The van der Waals surface area contributed by atoms with E-state index < -0.39 is 0 Å². The summed E-state index contributed by atoms with van der Waals surface area (Å²) < 4.78 is 5.08. The molecule has 0 aliphatic rings. The van der Waals surface area contributed by atoms with Crippen LogP contribution in [0.4, 0.5) is 0 Å². The second-order valence-electron chi connectivity index (χ2n) is 3.73. The number of rotatable bonds is 6. The Bertz CT molecular complexity index is 394. The van der Waals surface area contributed by atoms with Crippen LogP contribution in [0.1, 0.15) is 16.2 Å². The van der Waals surface area contributed by atoms with Gasteiger partial charge in [-0.3, -0.25) is 4.79 Å². The molecule has 0 saturated carbocycles. The lowest BCUT2D eigenvalue weighted by atomic mass is 10.3. The molecule has 6 nitrogen and oxygen atoms in total. The lowest BCUT2D eigenvalue weighted by Crippen LogP contribution is -2.31. The third-order valence-corrected chi connectivity index (χ3v) is 2.37. The summed E-state index contributed by atoms with van der Waals surface area (Å²) in [6.07, 6.45) is 0. The van der Waals surface area contributed by atoms with Crippen molar-refractivity contribution in [2.45, 2.75) is 6.92 Å². The van der Waals surface area contributed by atoms with Crippen molar-refractivity contribution in [3.8, 4) is 0 Å². The number of hydrogen-bond acceptors (Lipinski definition) is 5. The molecule has 1 amide bonds. The number of carbonyl (C=O) groups is 1. The molecule has 0 spiro atoms. The molecule has 1 aromatic heterocycles. The van der Waals surface area contributed by atoms with E-state index in [9.17, 15) is 4.79 Å². The van der Waals surface area contributed by atoms with Crippen molar-refractivity contribution in [3.63, 3.8) is 0 Å². The number of nitrogens with zero attached hydrogens (tertiary/aromatic N) is 3. The molecular weight excluding hydrogens is 258 g/mol. The van der Waals surface area contributed by atoms with Crippen molar-refractivity contribution in [3.05, 3.63) is 22.7 Å². The standard InChI is InChI=1S/C11H16ClN3O3/c1-8-7-9(14-11(12)13-8)10(17)15(2)3-5-18-6-4-16/h7,16H,3-6H2,1-2H3. The van der Waals surface area contributed by atoms with Gasteiger partial charge >= 0.3 is 0 Å². The van der Waals surface area contributed by atoms with Crippen LogP contribution < -0.4 is 0 Å². The Morgan fingerprint density at radius 2 is 2.22 bits per heavy atom. The largest absolute Gasteiger partial charge is 0.394 e. The first-order chi connectivity index (χ1) is 8.54. The van der Waals surface area contributed by atoms with E-state index in [2.05, 4.69) is 9.97 Å². The predicted molar refractivity (Wildman–Crippen MR) is 66.6 cm³/mol. The van der Waals surface area contributed by atoms with E-state index in [4.69, 9.17) is 21.4 Å². The summed E-state index contributed by atoms with van der Waals surface area (Å²) >= 11 is 5.70. The minimum Gasteiger partial charge on any atom is -0.394 e. The molecule has 100 valence electrons. The van der Waals surface area contributed by atoms with Crippen LogP contribution in [0, 0.1) is 6.92 Å². The van der Waals surface area contributed by atoms with Gasteiger partial charge in [0.1, 0.15) is 5.69 Å². The van der Waals surface area contributed by atoms with Gasteiger partial charge < -0.3 is 14.7 Å². The molecule has 0 atom stereocenters. The average Bonchev–Trinajstić information content (AvgIpc) is 2.32. The first kappa shape index (κ1) is 14.8. The summed E-state index contributed by atoms with van der Waals surface area (Å²) in [6, 6.07) is 1.58. The minimum absolute atomic E-state index is 0.0294. The number of amides is 1. The molecule has 0 radical (unpaired) electrons. The van der Waals surface area contributed by atoms with Crippen molar-refractivity contribution in [2.24, 2.45) is 0 Å². The van der Waals surface area contributed by atoms with E-state index in [0.717, 1.165) is 0 Å². The quantitative estimate of drug-likeness (QED) is 0.604. The summed E-state index contributed by atoms with van der Waals surface area (Å²) in [4.78, 5) is 21.2. The molecule has 1 heterocycles. The SMILES string of the molecule is Cc1cc(C(=O)N(C)CCOCCO)nc(Cl)n1. The van der Waals surface area contributed by atoms with Crippen LogP contribution in [0.2, 0.25) is 5.28 Å². The molecule has 0 unspecified atom stereocenters. The maximum atomic E-state index is 12.0. The summed E-state index contributed by atoms with van der Waals surface area (Å²) in [6.45, 7) is 2.76. The number of carbonyl (C=O) groups excluding carboxylic acids is 1. The maximum absolute atomic E-state index is 12.0. The second-order valence-corrected chi connectivity index (χ2v) is 4.06. The van der Waals surface area contributed by atoms with Crippen molar-refractivity contribution >= 4 is 17.5 Å². The summed E-state index contributed by atoms with van der Waals surface area (Å²) in [5.74, 6) is -0.241. The van der Waals surface area contributed by atoms with E-state index in [1.54, 1.807) is 20.0 Å². The molecule has 0 saturated heterocycles. The van der Waals surface area contributed by atoms with Crippen LogP contribution in [0.25, 0.3) is 0 Å². The molecular formula is C11H16ClN3O3. The summed E-state index contributed by atoms with van der Waals surface area (Å²) in [5, 5.41) is 8.60. The second kappa shape index (κ2) is 7.25. The van der Waals surface area contributed by atoms with Gasteiger partial charge in [0.05, 0.1) is 19.8 Å². The molecule has 0 aliphatic carbocycles. The zero-order chi connectivity index (χ0) is 13.5. The molecule has 0 bridgehead atoms. The third-order valence-electron chi connectivity index (χ3n) is 2.20. The number of aryl methyl sites for hydroxylation is 1. The van der Waals surface area contributed by atoms with Crippen molar-refractivity contribution in [2.75, 3.05) is 33.4 Å². The highest BCUT2D eigenvalue weighted by Crippen LogP contribution is 2.07. The van der Waals surface area contributed by atoms with E-state index in [0.29, 0.717) is 18.8 Å². The van der Waals surface area contributed by atoms with Gasteiger partial charge in [-0.05, 0) is 24.6 Å². The summed E-state index contributed by atoms with van der Waals surface area (Å²) in [7, 11) is 1.65. The first-order valence-corrected chi connectivity index (χ1v) is 5.87. The van der Waals surface area contributed by atoms with Crippen LogP contribution in [-0.4, -0.2) is 59.3 Å². The van der Waals surface area contributed by atoms with Crippen LogP contribution >= 0.6 is 11.6 Å². The molecule has 18 heavy (non-hydrogen) atoms. The maximum Gasteiger partial charge on any atom is 0.272 e. The number of aliphatic hydroxyl groups is 1. The van der Waals surface area contributed by atoms with Crippen LogP contribution in [-0.2, 0) is 4.74 Å². The number of aliphatic hydroxyl groups excluding tert-OH is 1. The molecule has 0 fully saturated rings. The monoisotopic (exact) mass is 273 g/mol. The highest BCUT2D eigenvalue weighted by atomic mass is 35.5. The van der Waals surface area contributed by atoms with Gasteiger partial charge in [-0.2, -0.15) is 0 Å². The first-order valence-electron chi connectivity index (χ1n) is 5.50. The zero-order valence-electron chi connectivity index (χ0n) is 10.4. The van der Waals surface area contributed by atoms with Gasteiger partial charge in [0.2, 0.25) is 5.28 Å². The molecule has 0 aromatic carbocycles. The molecule has 1 rings (SSSR count). The van der Waals surface area contributed by atoms with E-state index in [1.807, 2.05) is 0 Å². The smallest absolute Gasteiger partial charge is 0.272 e. The topological polar surface area (TPSA) is 75.6 Å². The number of ether oxygens (including phenoxy) is 1.